The van der Waals surface area contributed by atoms with Crippen LogP contribution in [0, 0.1) is 0 Å². The molecule has 8 heteroatoms. The Morgan fingerprint density at radius 2 is 2.20 bits per heavy atom. The Bertz CT molecular complexity index is 722. The van der Waals surface area contributed by atoms with Crippen LogP contribution in [0.15, 0.2) is 23.0 Å². The van der Waals surface area contributed by atoms with Gasteiger partial charge in [-0.25, -0.2) is 9.36 Å². The highest BCUT2D eigenvalue weighted by molar-refractivity contribution is 7.17. The summed E-state index contributed by atoms with van der Waals surface area (Å²) in [5.74, 6) is -0.563. The fourth-order valence-electron chi connectivity index (χ4n) is 1.64. The molecule has 6 nitrogen and oxygen atoms in total. The number of thiazole rings is 1. The summed E-state index contributed by atoms with van der Waals surface area (Å²) < 4.78 is 6.17. The van der Waals surface area contributed by atoms with E-state index < -0.39 is 16.9 Å². The van der Waals surface area contributed by atoms with Gasteiger partial charge in [0.1, 0.15) is 6.54 Å². The highest BCUT2D eigenvalue weighted by atomic mass is 35.5. The summed E-state index contributed by atoms with van der Waals surface area (Å²) in [5, 5.41) is 2.74. The smallest absolute Gasteiger partial charge is 0.330 e. The zero-order valence-electron chi connectivity index (χ0n) is 10.5. The topological polar surface area (TPSA) is 77.4 Å². The Balaban J connectivity index is 2.27. The number of halogens is 1. The average Bonchev–Trinajstić information content (AvgIpc) is 2.74. The molecule has 0 aliphatic rings. The van der Waals surface area contributed by atoms with Gasteiger partial charge in [0.15, 0.2) is 0 Å². The van der Waals surface area contributed by atoms with Crippen molar-refractivity contribution >= 4 is 45.2 Å². The predicted octanol–water partition coefficient (Wildman–Crippen LogP) is 1.84. The van der Waals surface area contributed by atoms with Crippen molar-refractivity contribution in [1.82, 2.24) is 9.88 Å². The van der Waals surface area contributed by atoms with E-state index >= 15 is 0 Å². The first-order valence-corrected chi connectivity index (χ1v) is 6.98. The molecule has 0 aliphatic carbocycles. The van der Waals surface area contributed by atoms with Gasteiger partial charge in [0.2, 0.25) is 0 Å². The molecule has 2 rings (SSSR count). The maximum Gasteiger partial charge on any atom is 0.330 e. The highest BCUT2D eigenvalue weighted by Crippen LogP contribution is 2.25. The molecule has 1 N–H and O–H groups in total. The van der Waals surface area contributed by atoms with Gasteiger partial charge in [0.25, 0.3) is 0 Å². The van der Waals surface area contributed by atoms with E-state index in [1.54, 1.807) is 25.1 Å². The van der Waals surface area contributed by atoms with Crippen molar-refractivity contribution in [2.24, 2.45) is 0 Å². The van der Waals surface area contributed by atoms with Crippen molar-refractivity contribution in [2.75, 3.05) is 13.2 Å². The zero-order chi connectivity index (χ0) is 14.7. The summed E-state index contributed by atoms with van der Waals surface area (Å²) in [5.41, 5.74) is 0.411. The molecular weight excluding hydrogens is 304 g/mol. The fourth-order valence-corrected chi connectivity index (χ4v) is 2.80. The van der Waals surface area contributed by atoms with E-state index in [0.717, 1.165) is 15.9 Å². The van der Waals surface area contributed by atoms with Crippen LogP contribution in [-0.4, -0.2) is 29.7 Å². The monoisotopic (exact) mass is 314 g/mol. The highest BCUT2D eigenvalue weighted by Gasteiger charge is 2.16. The van der Waals surface area contributed by atoms with Crippen molar-refractivity contribution < 1.29 is 14.3 Å². The molecule has 0 bridgehead atoms. The minimum absolute atomic E-state index is 0.228. The number of amides is 1. The van der Waals surface area contributed by atoms with Gasteiger partial charge >= 0.3 is 16.9 Å². The number of hydrogen-bond acceptors (Lipinski definition) is 5. The van der Waals surface area contributed by atoms with Crippen molar-refractivity contribution in [3.8, 4) is 0 Å². The van der Waals surface area contributed by atoms with Crippen molar-refractivity contribution in [1.29, 1.82) is 0 Å². The molecule has 0 fully saturated rings. The van der Waals surface area contributed by atoms with E-state index in [1.807, 2.05) is 0 Å². The van der Waals surface area contributed by atoms with E-state index in [0.29, 0.717) is 15.2 Å². The second-order valence-corrected chi connectivity index (χ2v) is 5.12. The summed E-state index contributed by atoms with van der Waals surface area (Å²) >= 11 is 6.84. The first-order valence-electron chi connectivity index (χ1n) is 5.78. The first-order chi connectivity index (χ1) is 9.54. The first kappa shape index (κ1) is 14.5. The summed E-state index contributed by atoms with van der Waals surface area (Å²) in [6.45, 7) is 1.60. The van der Waals surface area contributed by atoms with Gasteiger partial charge in [-0.2, -0.15) is 0 Å². The molecule has 20 heavy (non-hydrogen) atoms. The van der Waals surface area contributed by atoms with Gasteiger partial charge in [-0.3, -0.25) is 9.59 Å². The van der Waals surface area contributed by atoms with Gasteiger partial charge in [0, 0.05) is 0 Å². The van der Waals surface area contributed by atoms with Gasteiger partial charge in [-0.05, 0) is 19.1 Å². The predicted molar refractivity (Wildman–Crippen MR) is 76.5 cm³/mol. The van der Waals surface area contributed by atoms with Gasteiger partial charge in [-0.15, -0.1) is 0 Å². The maximum atomic E-state index is 12.0. The Kier molecular flexibility index (Phi) is 4.41. The lowest BCUT2D eigenvalue weighted by Crippen LogP contribution is -2.37. The number of rotatable bonds is 3. The molecule has 0 saturated heterocycles. The molecule has 106 valence electrons. The van der Waals surface area contributed by atoms with Crippen LogP contribution >= 0.6 is 22.9 Å². The zero-order valence-corrected chi connectivity index (χ0v) is 12.1. The molecule has 0 spiro atoms. The van der Waals surface area contributed by atoms with Gasteiger partial charge in [-0.1, -0.05) is 29.0 Å². The third-order valence-electron chi connectivity index (χ3n) is 2.45. The molecule has 2 aromatic rings. The Labute approximate surface area is 122 Å². The number of esters is 1. The number of aromatic nitrogens is 1. The largest absolute Gasteiger partial charge is 0.465 e. The number of hydrogen-bond donors (Lipinski definition) is 1. The lowest BCUT2D eigenvalue weighted by molar-refractivity contribution is -0.141. The molecule has 1 amide bonds. The van der Waals surface area contributed by atoms with Crippen molar-refractivity contribution in [3.05, 3.63) is 32.9 Å². The molecule has 0 atom stereocenters. The molecular formula is C12H11ClN2O4S. The summed E-state index contributed by atoms with van der Waals surface area (Å²) in [6, 6.07) is 4.21. The van der Waals surface area contributed by atoms with Crippen LogP contribution < -0.4 is 10.2 Å². The SMILES string of the molecule is CCOC(=O)CNC(=O)n1c(=O)sc2c(Cl)cccc21. The average molecular weight is 315 g/mol. The molecule has 1 aromatic heterocycles. The number of carbonyl (C=O) groups is 2. The normalized spacial score (nSPS) is 10.5. The quantitative estimate of drug-likeness (QED) is 0.877. The van der Waals surface area contributed by atoms with Gasteiger partial charge in [0.05, 0.1) is 21.8 Å². The third-order valence-corrected chi connectivity index (χ3v) is 3.87. The van der Waals surface area contributed by atoms with Crippen LogP contribution in [0.4, 0.5) is 4.79 Å². The summed E-state index contributed by atoms with van der Waals surface area (Å²) in [4.78, 5) is 34.5. The van der Waals surface area contributed by atoms with Crippen LogP contribution in [0.3, 0.4) is 0 Å². The van der Waals surface area contributed by atoms with Crippen molar-refractivity contribution in [3.63, 3.8) is 0 Å². The van der Waals surface area contributed by atoms with Crippen molar-refractivity contribution in [2.45, 2.75) is 6.92 Å². The lowest BCUT2D eigenvalue weighted by atomic mass is 10.3. The van der Waals surface area contributed by atoms with Crippen LogP contribution in [0.5, 0.6) is 0 Å². The van der Waals surface area contributed by atoms with E-state index in [9.17, 15) is 14.4 Å². The number of nitrogens with zero attached hydrogens (tertiary/aromatic N) is 1. The lowest BCUT2D eigenvalue weighted by Gasteiger charge is -2.05. The molecule has 1 aromatic carbocycles. The van der Waals surface area contributed by atoms with E-state index in [-0.39, 0.29) is 13.2 Å². The number of fused-ring (bicyclic) bond motifs is 1. The van der Waals surface area contributed by atoms with Crippen LogP contribution in [-0.2, 0) is 9.53 Å². The van der Waals surface area contributed by atoms with Gasteiger partial charge < -0.3 is 10.1 Å². The Morgan fingerprint density at radius 3 is 2.90 bits per heavy atom. The van der Waals surface area contributed by atoms with Crippen LogP contribution in [0.1, 0.15) is 6.92 Å². The van der Waals surface area contributed by atoms with Crippen LogP contribution in [0.25, 0.3) is 10.2 Å². The van der Waals surface area contributed by atoms with E-state index in [2.05, 4.69) is 10.1 Å². The Hall–Kier alpha value is -1.86. The van der Waals surface area contributed by atoms with Crippen LogP contribution in [0.2, 0.25) is 5.02 Å². The Morgan fingerprint density at radius 1 is 1.45 bits per heavy atom. The minimum atomic E-state index is -0.684. The minimum Gasteiger partial charge on any atom is -0.465 e. The second-order valence-electron chi connectivity index (χ2n) is 3.76. The van der Waals surface area contributed by atoms with E-state index in [4.69, 9.17) is 11.6 Å². The summed E-state index contributed by atoms with van der Waals surface area (Å²) in [6.07, 6.45) is 0. The number of ether oxygens (including phenoxy) is 1. The fraction of sp³-hybridized carbons (Fsp3) is 0.250. The molecule has 0 radical (unpaired) electrons. The number of carbonyl (C=O) groups excluding carboxylic acids is 2. The van der Waals surface area contributed by atoms with E-state index in [1.165, 1.54) is 0 Å². The molecule has 0 unspecified atom stereocenters. The summed E-state index contributed by atoms with van der Waals surface area (Å²) in [7, 11) is 0. The standard InChI is InChI=1S/C12H11ClN2O4S/c1-2-19-9(16)6-14-11(17)15-8-5-3-4-7(13)10(8)20-12(15)18/h3-5H,2,6H2,1H3,(H,14,17). The second kappa shape index (κ2) is 6.06. The number of nitrogens with one attached hydrogen (secondary N) is 1. The third kappa shape index (κ3) is 2.83. The number of benzene rings is 1. The molecule has 1 heterocycles. The maximum absolute atomic E-state index is 12.0. The molecule has 0 aliphatic heterocycles. The molecule has 0 saturated carbocycles.